The molecular weight excluding hydrogens is 358 g/mol. The number of hydrogen-bond acceptors (Lipinski definition) is 1. The fourth-order valence-electron chi connectivity index (χ4n) is 1.70. The van der Waals surface area contributed by atoms with Crippen molar-refractivity contribution >= 4 is 37.8 Å². The van der Waals surface area contributed by atoms with Crippen LogP contribution in [0, 0.1) is 5.41 Å². The Morgan fingerprint density at radius 1 is 1.39 bits per heavy atom. The van der Waals surface area contributed by atoms with Crippen molar-refractivity contribution in [1.29, 1.82) is 0 Å². The van der Waals surface area contributed by atoms with Crippen molar-refractivity contribution in [3.63, 3.8) is 0 Å². The van der Waals surface area contributed by atoms with Crippen LogP contribution < -0.4 is 5.32 Å². The zero-order chi connectivity index (χ0) is 13.8. The van der Waals surface area contributed by atoms with Crippen molar-refractivity contribution in [3.05, 3.63) is 34.3 Å². The molecule has 1 unspecified atom stereocenters. The van der Waals surface area contributed by atoms with Gasteiger partial charge in [0.25, 0.3) is 5.91 Å². The molecule has 1 aromatic rings. The highest BCUT2D eigenvalue weighted by Gasteiger charge is 2.25. The number of hydrogen-bond donors (Lipinski definition) is 1. The van der Waals surface area contributed by atoms with E-state index in [0.29, 0.717) is 5.56 Å². The molecule has 100 valence electrons. The van der Waals surface area contributed by atoms with Crippen LogP contribution >= 0.6 is 31.9 Å². The second kappa shape index (κ2) is 6.71. The Morgan fingerprint density at radius 2 is 2.06 bits per heavy atom. The van der Waals surface area contributed by atoms with Gasteiger partial charge in [-0.05, 0) is 30.0 Å². The Hall–Kier alpha value is -0.350. The maximum absolute atomic E-state index is 12.2. The number of carbonyl (C=O) groups excluding carboxylic acids is 1. The van der Waals surface area contributed by atoms with Crippen LogP contribution in [0.3, 0.4) is 0 Å². The summed E-state index contributed by atoms with van der Waals surface area (Å²) in [6, 6.07) is 7.60. The average molecular weight is 377 g/mol. The minimum atomic E-state index is -0.0165. The molecule has 4 heteroatoms. The molecule has 1 atom stereocenters. The highest BCUT2D eigenvalue weighted by atomic mass is 79.9. The van der Waals surface area contributed by atoms with E-state index in [2.05, 4.69) is 57.9 Å². The van der Waals surface area contributed by atoms with Crippen molar-refractivity contribution in [2.24, 2.45) is 5.41 Å². The fourth-order valence-corrected chi connectivity index (χ4v) is 2.56. The molecule has 0 saturated carbocycles. The van der Waals surface area contributed by atoms with Crippen molar-refractivity contribution < 1.29 is 4.79 Å². The van der Waals surface area contributed by atoms with Crippen LogP contribution in [0.25, 0.3) is 0 Å². The van der Waals surface area contributed by atoms with E-state index in [1.54, 1.807) is 0 Å². The summed E-state index contributed by atoms with van der Waals surface area (Å²) in [5.41, 5.74) is 0.739. The smallest absolute Gasteiger partial charge is 0.251 e. The number of benzene rings is 1. The van der Waals surface area contributed by atoms with Crippen LogP contribution in [0.5, 0.6) is 0 Å². The van der Waals surface area contributed by atoms with E-state index in [4.69, 9.17) is 0 Å². The predicted octanol–water partition coefficient (Wildman–Crippen LogP) is 4.38. The Morgan fingerprint density at radius 3 is 2.56 bits per heavy atom. The van der Waals surface area contributed by atoms with E-state index in [0.717, 1.165) is 16.2 Å². The molecule has 0 bridgehead atoms. The SMILES string of the molecule is CC(C)(C)C(CCBr)NC(=O)c1cccc(Br)c1. The van der Waals surface area contributed by atoms with Crippen LogP contribution in [-0.2, 0) is 0 Å². The summed E-state index contributed by atoms with van der Waals surface area (Å²) >= 11 is 6.82. The second-order valence-corrected chi connectivity index (χ2v) is 7.09. The Balaban J connectivity index is 2.79. The van der Waals surface area contributed by atoms with Gasteiger partial charge >= 0.3 is 0 Å². The largest absolute Gasteiger partial charge is 0.349 e. The molecule has 2 nitrogen and oxygen atoms in total. The van der Waals surface area contributed by atoms with Crippen LogP contribution in [-0.4, -0.2) is 17.3 Å². The van der Waals surface area contributed by atoms with Crippen LogP contribution in [0.15, 0.2) is 28.7 Å². The van der Waals surface area contributed by atoms with Gasteiger partial charge in [0.2, 0.25) is 0 Å². The van der Waals surface area contributed by atoms with Gasteiger partial charge in [0.15, 0.2) is 0 Å². The summed E-state index contributed by atoms with van der Waals surface area (Å²) in [5, 5.41) is 3.99. The van der Waals surface area contributed by atoms with Gasteiger partial charge in [-0.2, -0.15) is 0 Å². The molecule has 0 saturated heterocycles. The first kappa shape index (κ1) is 15.7. The number of halogens is 2. The topological polar surface area (TPSA) is 29.1 Å². The monoisotopic (exact) mass is 375 g/mol. The molecule has 1 N–H and O–H groups in total. The molecule has 18 heavy (non-hydrogen) atoms. The molecule has 1 amide bonds. The Bertz CT molecular complexity index is 413. The molecule has 0 aliphatic rings. The Kier molecular flexibility index (Phi) is 5.86. The molecular formula is C14H19Br2NO. The van der Waals surface area contributed by atoms with Gasteiger partial charge in [-0.1, -0.05) is 58.7 Å². The normalized spacial score (nSPS) is 13.2. The third-order valence-corrected chi connectivity index (χ3v) is 3.79. The zero-order valence-electron chi connectivity index (χ0n) is 11.0. The summed E-state index contributed by atoms with van der Waals surface area (Å²) in [7, 11) is 0. The number of carbonyl (C=O) groups is 1. The van der Waals surface area contributed by atoms with Gasteiger partial charge in [0.1, 0.15) is 0 Å². The predicted molar refractivity (Wildman–Crippen MR) is 83.3 cm³/mol. The van der Waals surface area contributed by atoms with Gasteiger partial charge in [-0.15, -0.1) is 0 Å². The van der Waals surface area contributed by atoms with Crippen LogP contribution in [0.4, 0.5) is 0 Å². The molecule has 0 aliphatic heterocycles. The van der Waals surface area contributed by atoms with E-state index in [1.807, 2.05) is 24.3 Å². The fraction of sp³-hybridized carbons (Fsp3) is 0.500. The van der Waals surface area contributed by atoms with Gasteiger partial charge in [0, 0.05) is 21.4 Å². The van der Waals surface area contributed by atoms with Crippen molar-refractivity contribution in [1.82, 2.24) is 5.32 Å². The van der Waals surface area contributed by atoms with Gasteiger partial charge in [-0.25, -0.2) is 0 Å². The summed E-state index contributed by atoms with van der Waals surface area (Å²) in [6.45, 7) is 6.42. The minimum Gasteiger partial charge on any atom is -0.349 e. The minimum absolute atomic E-state index is 0.0165. The van der Waals surface area contributed by atoms with E-state index in [9.17, 15) is 4.79 Å². The maximum atomic E-state index is 12.2. The van der Waals surface area contributed by atoms with Gasteiger partial charge in [0.05, 0.1) is 0 Å². The molecule has 0 aromatic heterocycles. The van der Waals surface area contributed by atoms with Gasteiger partial charge in [-0.3, -0.25) is 4.79 Å². The highest BCUT2D eigenvalue weighted by molar-refractivity contribution is 9.10. The average Bonchev–Trinajstić information content (AvgIpc) is 2.27. The number of nitrogens with one attached hydrogen (secondary N) is 1. The van der Waals surface area contributed by atoms with E-state index in [-0.39, 0.29) is 17.4 Å². The van der Waals surface area contributed by atoms with E-state index >= 15 is 0 Å². The third-order valence-electron chi connectivity index (χ3n) is 2.84. The lowest BCUT2D eigenvalue weighted by Gasteiger charge is -2.31. The molecule has 0 heterocycles. The first-order valence-corrected chi connectivity index (χ1v) is 7.88. The molecule has 0 fully saturated rings. The summed E-state index contributed by atoms with van der Waals surface area (Å²) < 4.78 is 0.919. The summed E-state index contributed by atoms with van der Waals surface area (Å²) in [4.78, 5) is 12.2. The van der Waals surface area contributed by atoms with E-state index in [1.165, 1.54) is 0 Å². The Labute approximate surface area is 126 Å². The quantitative estimate of drug-likeness (QED) is 0.776. The molecule has 1 rings (SSSR count). The lowest BCUT2D eigenvalue weighted by atomic mass is 9.85. The molecule has 1 aromatic carbocycles. The second-order valence-electron chi connectivity index (χ2n) is 5.38. The lowest BCUT2D eigenvalue weighted by molar-refractivity contribution is 0.0900. The molecule has 0 spiro atoms. The maximum Gasteiger partial charge on any atom is 0.251 e. The van der Waals surface area contributed by atoms with Crippen molar-refractivity contribution in [2.75, 3.05) is 5.33 Å². The first-order valence-electron chi connectivity index (χ1n) is 5.97. The van der Waals surface area contributed by atoms with Crippen molar-refractivity contribution in [3.8, 4) is 0 Å². The highest BCUT2D eigenvalue weighted by Crippen LogP contribution is 2.23. The van der Waals surface area contributed by atoms with Crippen LogP contribution in [0.1, 0.15) is 37.6 Å². The molecule has 0 radical (unpaired) electrons. The zero-order valence-corrected chi connectivity index (χ0v) is 14.1. The van der Waals surface area contributed by atoms with Crippen molar-refractivity contribution in [2.45, 2.75) is 33.2 Å². The standard InChI is InChI=1S/C14H19Br2NO/c1-14(2,3)12(7-8-15)17-13(18)10-5-4-6-11(16)9-10/h4-6,9,12H,7-8H2,1-3H3,(H,17,18). The summed E-state index contributed by atoms with van der Waals surface area (Å²) in [5.74, 6) is -0.0165. The first-order chi connectivity index (χ1) is 8.34. The van der Waals surface area contributed by atoms with E-state index < -0.39 is 0 Å². The number of alkyl halides is 1. The lowest BCUT2D eigenvalue weighted by Crippen LogP contribution is -2.44. The molecule has 0 aliphatic carbocycles. The van der Waals surface area contributed by atoms with Gasteiger partial charge < -0.3 is 5.32 Å². The summed E-state index contributed by atoms with van der Waals surface area (Å²) in [6.07, 6.45) is 0.920. The number of rotatable bonds is 4. The number of amides is 1. The van der Waals surface area contributed by atoms with Crippen LogP contribution in [0.2, 0.25) is 0 Å². The third kappa shape index (κ3) is 4.73.